The third-order valence-electron chi connectivity index (χ3n) is 3.80. The number of rotatable bonds is 6. The summed E-state index contributed by atoms with van der Waals surface area (Å²) in [7, 11) is 1.58. The molecule has 0 saturated heterocycles. The monoisotopic (exact) mass is 381 g/mol. The van der Waals surface area contributed by atoms with Crippen LogP contribution in [0.5, 0.6) is 5.75 Å². The Morgan fingerprint density at radius 1 is 1.33 bits per heavy atom. The van der Waals surface area contributed by atoms with E-state index < -0.39 is 12.3 Å². The number of nitrogens with one attached hydrogen (secondary N) is 1. The van der Waals surface area contributed by atoms with E-state index in [4.69, 9.17) is 9.68 Å². The van der Waals surface area contributed by atoms with Crippen molar-refractivity contribution in [2.75, 3.05) is 18.9 Å². The van der Waals surface area contributed by atoms with Gasteiger partial charge in [-0.25, -0.2) is 0 Å². The number of anilines is 1. The van der Waals surface area contributed by atoms with Gasteiger partial charge in [-0.1, -0.05) is 18.2 Å². The summed E-state index contributed by atoms with van der Waals surface area (Å²) < 4.78 is 46.8. The molecule has 1 N–H and O–H groups in total. The first-order valence-electron chi connectivity index (χ1n) is 7.93. The summed E-state index contributed by atoms with van der Waals surface area (Å²) in [5.41, 5.74) is 1.17. The molecule has 0 unspecified atom stereocenters. The highest BCUT2D eigenvalue weighted by Gasteiger charge is 2.32. The van der Waals surface area contributed by atoms with Crippen LogP contribution in [0.1, 0.15) is 22.5 Å². The number of nitriles is 1. The Morgan fingerprint density at radius 2 is 2.00 bits per heavy atom. The molecule has 1 amide bonds. The quantitative estimate of drug-likeness (QED) is 0.825. The molecular formula is C18H18F3N3O3. The van der Waals surface area contributed by atoms with Crippen LogP contribution in [0.4, 0.5) is 19.1 Å². The zero-order chi connectivity index (χ0) is 20.2. The lowest BCUT2D eigenvalue weighted by Crippen LogP contribution is -2.30. The lowest BCUT2D eigenvalue weighted by atomic mass is 10.2. The maximum absolute atomic E-state index is 12.5. The van der Waals surface area contributed by atoms with Crippen LogP contribution in [0.3, 0.4) is 0 Å². The fraction of sp³-hybridized carbons (Fsp3) is 0.333. The highest BCUT2D eigenvalue weighted by molar-refractivity contribution is 5.92. The number of alkyl halides is 3. The van der Waals surface area contributed by atoms with Crippen molar-refractivity contribution in [3.63, 3.8) is 0 Å². The minimum absolute atomic E-state index is 0.0565. The normalized spacial score (nSPS) is 11.3. The van der Waals surface area contributed by atoms with Crippen LogP contribution in [0.25, 0.3) is 0 Å². The lowest BCUT2D eigenvalue weighted by Gasteiger charge is -2.19. The Balaban J connectivity index is 2.02. The Labute approximate surface area is 154 Å². The predicted molar refractivity (Wildman–Crippen MR) is 91.0 cm³/mol. The van der Waals surface area contributed by atoms with Crippen LogP contribution in [0.2, 0.25) is 0 Å². The molecule has 27 heavy (non-hydrogen) atoms. The molecule has 0 bridgehead atoms. The Morgan fingerprint density at radius 3 is 2.63 bits per heavy atom. The van der Waals surface area contributed by atoms with Gasteiger partial charge in [0.1, 0.15) is 23.1 Å². The summed E-state index contributed by atoms with van der Waals surface area (Å²) in [4.78, 5) is 13.7. The van der Waals surface area contributed by atoms with E-state index in [1.165, 1.54) is 23.1 Å². The number of halogens is 3. The number of aryl methyl sites for hydroxylation is 1. The number of amides is 1. The number of hydrogen-bond donors (Lipinski definition) is 1. The van der Waals surface area contributed by atoms with Crippen LogP contribution in [0, 0.1) is 25.2 Å². The lowest BCUT2D eigenvalue weighted by molar-refractivity contribution is -0.275. The van der Waals surface area contributed by atoms with Gasteiger partial charge in [-0.2, -0.15) is 5.26 Å². The first kappa shape index (κ1) is 20.3. The van der Waals surface area contributed by atoms with E-state index in [2.05, 4.69) is 10.1 Å². The summed E-state index contributed by atoms with van der Waals surface area (Å²) in [6.45, 7) is 3.32. The van der Waals surface area contributed by atoms with Crippen molar-refractivity contribution in [1.29, 1.82) is 5.26 Å². The van der Waals surface area contributed by atoms with Crippen LogP contribution < -0.4 is 10.1 Å². The molecule has 9 heteroatoms. The minimum atomic E-state index is -4.80. The molecule has 1 aromatic heterocycles. The second-order valence-corrected chi connectivity index (χ2v) is 5.98. The first-order valence-corrected chi connectivity index (χ1v) is 7.93. The van der Waals surface area contributed by atoms with Gasteiger partial charge in [0.25, 0.3) is 0 Å². The van der Waals surface area contributed by atoms with Crippen molar-refractivity contribution >= 4 is 11.8 Å². The molecule has 2 rings (SSSR count). The molecule has 0 fully saturated rings. The number of carbonyl (C=O) groups excluding carboxylic acids is 1. The van der Waals surface area contributed by atoms with Gasteiger partial charge < -0.3 is 9.15 Å². The number of nitrogens with zero attached hydrogens (tertiary/aromatic N) is 2. The van der Waals surface area contributed by atoms with E-state index in [9.17, 15) is 18.0 Å². The van der Waals surface area contributed by atoms with Crippen LogP contribution in [-0.2, 0) is 11.3 Å². The molecule has 0 spiro atoms. The topological polar surface area (TPSA) is 78.5 Å². The SMILES string of the molecule is Cc1oc(NC(=O)CN(C)Cc2ccccc2OC(F)(F)F)c(C#N)c1C. The van der Waals surface area contributed by atoms with Crippen molar-refractivity contribution in [2.45, 2.75) is 26.8 Å². The molecule has 2 aromatic rings. The zero-order valence-electron chi connectivity index (χ0n) is 15.0. The average molecular weight is 381 g/mol. The Hall–Kier alpha value is -2.99. The minimum Gasteiger partial charge on any atom is -0.444 e. The maximum atomic E-state index is 12.5. The van der Waals surface area contributed by atoms with Crippen molar-refractivity contribution in [3.05, 3.63) is 46.7 Å². The zero-order valence-corrected chi connectivity index (χ0v) is 15.0. The molecule has 1 heterocycles. The van der Waals surface area contributed by atoms with Crippen molar-refractivity contribution in [3.8, 4) is 11.8 Å². The van der Waals surface area contributed by atoms with Gasteiger partial charge in [-0.15, -0.1) is 13.2 Å². The Kier molecular flexibility index (Phi) is 6.13. The average Bonchev–Trinajstić information content (AvgIpc) is 2.81. The highest BCUT2D eigenvalue weighted by Crippen LogP contribution is 2.27. The van der Waals surface area contributed by atoms with E-state index in [1.54, 1.807) is 27.0 Å². The third-order valence-corrected chi connectivity index (χ3v) is 3.80. The van der Waals surface area contributed by atoms with Crippen LogP contribution in [0.15, 0.2) is 28.7 Å². The third kappa shape index (κ3) is 5.49. The van der Waals surface area contributed by atoms with Crippen LogP contribution >= 0.6 is 0 Å². The smallest absolute Gasteiger partial charge is 0.444 e. The van der Waals surface area contributed by atoms with E-state index >= 15 is 0 Å². The molecule has 1 aromatic carbocycles. The number of furan rings is 1. The Bertz CT molecular complexity index is 869. The summed E-state index contributed by atoms with van der Waals surface area (Å²) >= 11 is 0. The van der Waals surface area contributed by atoms with Crippen molar-refractivity contribution in [1.82, 2.24) is 4.90 Å². The summed E-state index contributed by atoms with van der Waals surface area (Å²) in [6.07, 6.45) is -4.80. The molecule has 0 aliphatic heterocycles. The fourth-order valence-electron chi connectivity index (χ4n) is 2.47. The molecule has 144 valence electrons. The number of para-hydroxylation sites is 1. The second-order valence-electron chi connectivity index (χ2n) is 5.98. The predicted octanol–water partition coefficient (Wildman–Crippen LogP) is 3.74. The summed E-state index contributed by atoms with van der Waals surface area (Å²) in [5, 5.41) is 11.7. The first-order chi connectivity index (χ1) is 12.6. The number of hydrogen-bond acceptors (Lipinski definition) is 5. The van der Waals surface area contributed by atoms with E-state index in [0.29, 0.717) is 11.3 Å². The second kappa shape index (κ2) is 8.14. The van der Waals surface area contributed by atoms with Crippen molar-refractivity contribution < 1.29 is 27.1 Å². The summed E-state index contributed by atoms with van der Waals surface area (Å²) in [5.74, 6) is -0.196. The molecule has 0 aliphatic rings. The van der Waals surface area contributed by atoms with E-state index in [1.807, 2.05) is 6.07 Å². The number of likely N-dealkylation sites (N-methyl/N-ethyl adjacent to an activating group) is 1. The fourth-order valence-corrected chi connectivity index (χ4v) is 2.47. The van der Waals surface area contributed by atoms with E-state index in [0.717, 1.165) is 0 Å². The van der Waals surface area contributed by atoms with Gasteiger partial charge in [0.2, 0.25) is 11.8 Å². The maximum Gasteiger partial charge on any atom is 0.573 e. The molecule has 0 aliphatic carbocycles. The van der Waals surface area contributed by atoms with Gasteiger partial charge in [-0.3, -0.25) is 15.0 Å². The standard InChI is InChI=1S/C18H18F3N3O3/c1-11-12(2)26-17(14(11)8-22)23-16(25)10-24(3)9-13-6-4-5-7-15(13)27-18(19,20)21/h4-7H,9-10H2,1-3H3,(H,23,25). The van der Waals surface area contributed by atoms with Gasteiger partial charge in [0.15, 0.2) is 0 Å². The summed E-state index contributed by atoms with van der Waals surface area (Å²) in [6, 6.07) is 7.68. The van der Waals surface area contributed by atoms with Gasteiger partial charge in [-0.05, 0) is 27.0 Å². The van der Waals surface area contributed by atoms with E-state index in [-0.39, 0.29) is 35.9 Å². The van der Waals surface area contributed by atoms with Gasteiger partial charge >= 0.3 is 6.36 Å². The van der Waals surface area contributed by atoms with Gasteiger partial charge in [0, 0.05) is 17.7 Å². The highest BCUT2D eigenvalue weighted by atomic mass is 19.4. The molecule has 0 radical (unpaired) electrons. The number of benzene rings is 1. The molecule has 6 nitrogen and oxygen atoms in total. The number of ether oxygens (including phenoxy) is 1. The molecule has 0 saturated carbocycles. The number of carbonyl (C=O) groups is 1. The molecule has 0 atom stereocenters. The van der Waals surface area contributed by atoms with Crippen LogP contribution in [-0.4, -0.2) is 30.8 Å². The van der Waals surface area contributed by atoms with Gasteiger partial charge in [0.05, 0.1) is 6.54 Å². The largest absolute Gasteiger partial charge is 0.573 e. The van der Waals surface area contributed by atoms with Crippen molar-refractivity contribution in [2.24, 2.45) is 0 Å². The molecular weight excluding hydrogens is 363 g/mol.